The summed E-state index contributed by atoms with van der Waals surface area (Å²) in [5.74, 6) is -3.57. The van der Waals surface area contributed by atoms with Crippen molar-refractivity contribution in [2.45, 2.75) is 39.0 Å². The molecule has 0 saturated carbocycles. The molecule has 0 radical (unpaired) electrons. The van der Waals surface area contributed by atoms with E-state index in [1.165, 1.54) is 11.3 Å². The van der Waals surface area contributed by atoms with Crippen LogP contribution >= 0.6 is 11.3 Å². The number of carboxylic acid groups (broad SMARTS) is 1. The summed E-state index contributed by atoms with van der Waals surface area (Å²) in [7, 11) is 0. The summed E-state index contributed by atoms with van der Waals surface area (Å²) in [6.45, 7) is 2.00. The largest absolute Gasteiger partial charge is 0.550 e. The van der Waals surface area contributed by atoms with Crippen molar-refractivity contribution in [1.82, 2.24) is 0 Å². The van der Waals surface area contributed by atoms with E-state index in [4.69, 9.17) is 4.74 Å². The van der Waals surface area contributed by atoms with Crippen molar-refractivity contribution in [3.8, 4) is 0 Å². The number of fused-ring (bicyclic) bond motifs is 1. The second-order valence-corrected chi connectivity index (χ2v) is 7.35. The van der Waals surface area contributed by atoms with E-state index in [-0.39, 0.29) is 18.9 Å². The summed E-state index contributed by atoms with van der Waals surface area (Å²) in [5, 5.41) is 14.6. The average Bonchev–Trinajstić information content (AvgIpc) is 3.15. The Bertz CT molecular complexity index is 736. The van der Waals surface area contributed by atoms with E-state index in [1.807, 2.05) is 6.08 Å². The lowest BCUT2D eigenvalue weighted by molar-refractivity contribution is -0.313. The molecule has 0 spiro atoms. The Hall–Kier alpha value is -2.15. The molecule has 0 aliphatic heterocycles. The van der Waals surface area contributed by atoms with Gasteiger partial charge in [-0.1, -0.05) is 12.2 Å². The molecule has 25 heavy (non-hydrogen) atoms. The van der Waals surface area contributed by atoms with Gasteiger partial charge in [0.15, 0.2) is 0 Å². The minimum Gasteiger partial charge on any atom is -0.550 e. The highest BCUT2D eigenvalue weighted by Gasteiger charge is 2.33. The van der Waals surface area contributed by atoms with Crippen LogP contribution in [-0.2, 0) is 27.2 Å². The van der Waals surface area contributed by atoms with Gasteiger partial charge in [0.25, 0.3) is 0 Å². The van der Waals surface area contributed by atoms with E-state index < -0.39 is 23.8 Å². The number of thiophene rings is 1. The third kappa shape index (κ3) is 3.46. The van der Waals surface area contributed by atoms with Crippen molar-refractivity contribution >= 4 is 34.2 Å². The number of carboxylic acids is 1. The number of carbonyl (C=O) groups is 3. The van der Waals surface area contributed by atoms with Crippen molar-refractivity contribution in [3.63, 3.8) is 0 Å². The molecule has 0 bridgehead atoms. The number of ether oxygens (including phenoxy) is 1. The maximum absolute atomic E-state index is 12.7. The van der Waals surface area contributed by atoms with Gasteiger partial charge in [0, 0.05) is 16.8 Å². The number of amides is 1. The zero-order valence-electron chi connectivity index (χ0n) is 14.0. The molecule has 1 heterocycles. The topological polar surface area (TPSA) is 95.5 Å². The molecular formula is C18H20NO5S-. The van der Waals surface area contributed by atoms with Gasteiger partial charge >= 0.3 is 5.97 Å². The average molecular weight is 362 g/mol. The maximum atomic E-state index is 12.7. The maximum Gasteiger partial charge on any atom is 0.341 e. The Labute approximate surface area is 149 Å². The Morgan fingerprint density at radius 2 is 1.96 bits per heavy atom. The Morgan fingerprint density at radius 1 is 1.24 bits per heavy atom. The van der Waals surface area contributed by atoms with Gasteiger partial charge < -0.3 is 20.0 Å². The van der Waals surface area contributed by atoms with E-state index >= 15 is 0 Å². The number of aliphatic carboxylic acids is 1. The quantitative estimate of drug-likeness (QED) is 0.635. The van der Waals surface area contributed by atoms with Crippen LogP contribution in [0.5, 0.6) is 0 Å². The minimum atomic E-state index is -1.22. The van der Waals surface area contributed by atoms with Crippen LogP contribution in [0.1, 0.15) is 47.0 Å². The summed E-state index contributed by atoms with van der Waals surface area (Å²) in [6.07, 6.45) is 6.87. The first kappa shape index (κ1) is 17.7. The van der Waals surface area contributed by atoms with Gasteiger partial charge in [-0.05, 0) is 44.6 Å². The van der Waals surface area contributed by atoms with Crippen LogP contribution < -0.4 is 10.4 Å². The fourth-order valence-electron chi connectivity index (χ4n) is 3.48. The van der Waals surface area contributed by atoms with Gasteiger partial charge in [-0.3, -0.25) is 4.79 Å². The molecule has 2 aliphatic carbocycles. The summed E-state index contributed by atoms with van der Waals surface area (Å²) in [5.41, 5.74) is 1.39. The highest BCUT2D eigenvalue weighted by atomic mass is 32.1. The molecule has 0 aromatic carbocycles. The van der Waals surface area contributed by atoms with Gasteiger partial charge in [0.2, 0.25) is 5.91 Å². The molecular weight excluding hydrogens is 342 g/mol. The van der Waals surface area contributed by atoms with Crippen molar-refractivity contribution in [2.75, 3.05) is 11.9 Å². The third-order valence-electron chi connectivity index (χ3n) is 4.71. The second kappa shape index (κ2) is 7.39. The van der Waals surface area contributed by atoms with Crippen molar-refractivity contribution in [3.05, 3.63) is 28.2 Å². The highest BCUT2D eigenvalue weighted by molar-refractivity contribution is 7.17. The van der Waals surface area contributed by atoms with Crippen molar-refractivity contribution < 1.29 is 24.2 Å². The number of carbonyl (C=O) groups excluding carboxylic acids is 3. The van der Waals surface area contributed by atoms with E-state index in [9.17, 15) is 19.5 Å². The Balaban J connectivity index is 1.85. The lowest BCUT2D eigenvalue weighted by Crippen LogP contribution is -2.41. The molecule has 0 saturated heterocycles. The fraction of sp³-hybridized carbons (Fsp3) is 0.500. The number of nitrogens with one attached hydrogen (secondary N) is 1. The molecule has 7 heteroatoms. The van der Waals surface area contributed by atoms with Crippen LogP contribution in [0, 0.1) is 11.8 Å². The number of hydrogen-bond donors (Lipinski definition) is 1. The molecule has 1 N–H and O–H groups in total. The number of esters is 1. The molecule has 2 atom stereocenters. The van der Waals surface area contributed by atoms with Crippen LogP contribution in [0.3, 0.4) is 0 Å². The summed E-state index contributed by atoms with van der Waals surface area (Å²) in [6, 6.07) is 0. The molecule has 1 amide bonds. The van der Waals surface area contributed by atoms with Crippen molar-refractivity contribution in [2.24, 2.45) is 11.8 Å². The molecule has 0 unspecified atom stereocenters. The molecule has 6 nitrogen and oxygen atoms in total. The highest BCUT2D eigenvalue weighted by Crippen LogP contribution is 2.40. The van der Waals surface area contributed by atoms with Crippen molar-refractivity contribution in [1.29, 1.82) is 0 Å². The Kier molecular flexibility index (Phi) is 5.22. The van der Waals surface area contributed by atoms with Gasteiger partial charge in [-0.2, -0.15) is 0 Å². The fourth-order valence-corrected chi connectivity index (χ4v) is 4.76. The molecule has 1 aromatic rings. The Morgan fingerprint density at radius 3 is 2.64 bits per heavy atom. The first-order valence-corrected chi connectivity index (χ1v) is 9.33. The van der Waals surface area contributed by atoms with Crippen LogP contribution in [0.2, 0.25) is 0 Å². The predicted octanol–water partition coefficient (Wildman–Crippen LogP) is 1.68. The van der Waals surface area contributed by atoms with E-state index in [0.29, 0.717) is 17.0 Å². The molecule has 2 aliphatic rings. The number of rotatable bonds is 5. The number of anilines is 1. The number of hydrogen-bond acceptors (Lipinski definition) is 6. The van der Waals surface area contributed by atoms with Crippen LogP contribution in [-0.4, -0.2) is 24.5 Å². The monoisotopic (exact) mass is 362 g/mol. The number of allylic oxidation sites excluding steroid dienone is 2. The number of aryl methyl sites for hydroxylation is 1. The molecule has 3 rings (SSSR count). The lowest BCUT2D eigenvalue weighted by atomic mass is 9.82. The SMILES string of the molecule is CCOC(=O)c1c(NC(=O)[C@@H]2CC=CC[C@H]2C(=O)[O-])sc2c1CCC2. The molecule has 134 valence electrons. The van der Waals surface area contributed by atoms with Gasteiger partial charge in [-0.25, -0.2) is 4.79 Å². The molecule has 0 fully saturated rings. The van der Waals surface area contributed by atoms with Gasteiger partial charge in [0.05, 0.1) is 18.1 Å². The van der Waals surface area contributed by atoms with E-state index in [0.717, 1.165) is 29.7 Å². The summed E-state index contributed by atoms with van der Waals surface area (Å²) in [4.78, 5) is 37.4. The zero-order valence-corrected chi connectivity index (χ0v) is 14.8. The minimum absolute atomic E-state index is 0.261. The van der Waals surface area contributed by atoms with E-state index in [2.05, 4.69) is 5.32 Å². The van der Waals surface area contributed by atoms with E-state index in [1.54, 1.807) is 13.0 Å². The smallest absolute Gasteiger partial charge is 0.341 e. The van der Waals surface area contributed by atoms with Crippen LogP contribution in [0.25, 0.3) is 0 Å². The first-order valence-electron chi connectivity index (χ1n) is 8.51. The van der Waals surface area contributed by atoms with Crippen LogP contribution in [0.15, 0.2) is 12.2 Å². The van der Waals surface area contributed by atoms with Crippen LogP contribution in [0.4, 0.5) is 5.00 Å². The third-order valence-corrected chi connectivity index (χ3v) is 5.92. The predicted molar refractivity (Wildman–Crippen MR) is 91.3 cm³/mol. The zero-order chi connectivity index (χ0) is 18.0. The summed E-state index contributed by atoms with van der Waals surface area (Å²) < 4.78 is 5.14. The normalized spacial score (nSPS) is 21.6. The summed E-state index contributed by atoms with van der Waals surface area (Å²) >= 11 is 1.39. The van der Waals surface area contributed by atoms with Gasteiger partial charge in [-0.15, -0.1) is 11.3 Å². The molecule has 1 aromatic heterocycles. The first-order chi connectivity index (χ1) is 12.0. The standard InChI is InChI=1S/C18H21NO5S/c1-2-24-18(23)14-12-8-5-9-13(12)25-16(14)19-15(20)10-6-3-4-7-11(10)17(21)22/h3-4,10-11H,2,5-9H2,1H3,(H,19,20)(H,21,22)/p-1/t10-,11-/m1/s1. The second-order valence-electron chi connectivity index (χ2n) is 6.25. The lowest BCUT2D eigenvalue weighted by Gasteiger charge is -2.28. The van der Waals surface area contributed by atoms with Gasteiger partial charge in [0.1, 0.15) is 5.00 Å².